The van der Waals surface area contributed by atoms with Gasteiger partial charge in [0.15, 0.2) is 0 Å². The van der Waals surface area contributed by atoms with Crippen molar-refractivity contribution in [2.75, 3.05) is 0 Å². The highest BCUT2D eigenvalue weighted by Crippen LogP contribution is 2.25. The molecule has 0 radical (unpaired) electrons. The Morgan fingerprint density at radius 1 is 1.11 bits per heavy atom. The summed E-state index contributed by atoms with van der Waals surface area (Å²) in [5.41, 5.74) is 0.983. The van der Waals surface area contributed by atoms with Crippen LogP contribution in [0.5, 0.6) is 0 Å². The molecule has 4 aromatic rings. The summed E-state index contributed by atoms with van der Waals surface area (Å²) in [6.07, 6.45) is 1.31. The minimum Gasteiger partial charge on any atom is -0.413 e. The van der Waals surface area contributed by atoms with Crippen LogP contribution in [0, 0.1) is 10.1 Å². The van der Waals surface area contributed by atoms with Crippen LogP contribution >= 0.6 is 11.6 Å². The van der Waals surface area contributed by atoms with Crippen molar-refractivity contribution in [3.05, 3.63) is 87.5 Å². The predicted molar refractivity (Wildman–Crippen MR) is 98.4 cm³/mol. The molecule has 0 amide bonds. The largest absolute Gasteiger partial charge is 0.413 e. The van der Waals surface area contributed by atoms with Crippen LogP contribution in [-0.4, -0.2) is 30.7 Å². The fraction of sp³-hybridized carbons (Fsp3) is 0. The lowest BCUT2D eigenvalue weighted by atomic mass is 10.2. The van der Waals surface area contributed by atoms with Crippen molar-refractivity contribution in [3.8, 4) is 17.1 Å². The Bertz CT molecular complexity index is 1190. The smallest absolute Gasteiger partial charge is 0.289 e. The molecule has 4 rings (SSSR count). The Hall–Kier alpha value is -3.85. The van der Waals surface area contributed by atoms with Gasteiger partial charge in [0.2, 0.25) is 5.89 Å². The minimum absolute atomic E-state index is 0.0152. The molecule has 0 fully saturated rings. The van der Waals surface area contributed by atoms with Crippen molar-refractivity contribution >= 4 is 23.1 Å². The number of halogens is 1. The van der Waals surface area contributed by atoms with Gasteiger partial charge >= 0.3 is 0 Å². The summed E-state index contributed by atoms with van der Waals surface area (Å²) in [5, 5.41) is 22.7. The lowest BCUT2D eigenvalue weighted by molar-refractivity contribution is -0.384. The Morgan fingerprint density at radius 2 is 1.89 bits per heavy atom. The van der Waals surface area contributed by atoms with Gasteiger partial charge in [-0.05, 0) is 18.2 Å². The third-order valence-electron chi connectivity index (χ3n) is 3.88. The van der Waals surface area contributed by atoms with Gasteiger partial charge in [-0.2, -0.15) is 5.10 Å². The Labute approximate surface area is 162 Å². The molecule has 2 aromatic heterocycles. The van der Waals surface area contributed by atoms with Crippen molar-refractivity contribution in [2.45, 2.75) is 0 Å². The molecule has 28 heavy (non-hydrogen) atoms. The monoisotopic (exact) mass is 395 g/mol. The summed E-state index contributed by atoms with van der Waals surface area (Å²) in [4.78, 5) is 23.1. The Morgan fingerprint density at radius 3 is 2.64 bits per heavy atom. The van der Waals surface area contributed by atoms with Crippen molar-refractivity contribution in [1.82, 2.24) is 20.0 Å². The molecule has 0 aliphatic rings. The zero-order chi connectivity index (χ0) is 19.7. The van der Waals surface area contributed by atoms with Gasteiger partial charge in [0.1, 0.15) is 5.15 Å². The van der Waals surface area contributed by atoms with Crippen LogP contribution in [0.1, 0.15) is 16.2 Å². The summed E-state index contributed by atoms with van der Waals surface area (Å²) in [5.74, 6) is -0.911. The Balaban J connectivity index is 1.65. The van der Waals surface area contributed by atoms with Gasteiger partial charge < -0.3 is 4.42 Å². The summed E-state index contributed by atoms with van der Waals surface area (Å²) >= 11 is 6.30. The van der Waals surface area contributed by atoms with E-state index in [1.807, 2.05) is 18.2 Å². The van der Waals surface area contributed by atoms with Gasteiger partial charge in [-0.3, -0.25) is 14.9 Å². The van der Waals surface area contributed by atoms with Gasteiger partial charge in [-0.25, -0.2) is 4.68 Å². The number of hydrogen-bond acceptors (Lipinski definition) is 7. The predicted octanol–water partition coefficient (Wildman–Crippen LogP) is 3.71. The maximum atomic E-state index is 12.7. The fourth-order valence-electron chi connectivity index (χ4n) is 2.53. The van der Waals surface area contributed by atoms with E-state index in [-0.39, 0.29) is 28.2 Å². The zero-order valence-electron chi connectivity index (χ0n) is 14.0. The molecule has 0 atom stereocenters. The first-order chi connectivity index (χ1) is 13.5. The van der Waals surface area contributed by atoms with Gasteiger partial charge in [0.25, 0.3) is 17.4 Å². The van der Waals surface area contributed by atoms with Crippen LogP contribution in [0.15, 0.2) is 65.2 Å². The first-order valence-corrected chi connectivity index (χ1v) is 8.34. The molecule has 2 heterocycles. The molecule has 2 aromatic carbocycles. The van der Waals surface area contributed by atoms with Crippen molar-refractivity contribution in [1.29, 1.82) is 0 Å². The number of nitro benzene ring substituents is 1. The highest BCUT2D eigenvalue weighted by atomic mass is 35.5. The van der Waals surface area contributed by atoms with E-state index in [9.17, 15) is 14.9 Å². The second-order valence-electron chi connectivity index (χ2n) is 5.65. The fourth-order valence-corrected chi connectivity index (χ4v) is 2.81. The van der Waals surface area contributed by atoms with Crippen molar-refractivity contribution in [2.24, 2.45) is 0 Å². The molecule has 138 valence electrons. The second-order valence-corrected chi connectivity index (χ2v) is 6.00. The molecule has 0 saturated carbocycles. The molecule has 0 unspecified atom stereocenters. The lowest BCUT2D eigenvalue weighted by Gasteiger charge is -2.02. The lowest BCUT2D eigenvalue weighted by Crippen LogP contribution is -2.02. The van der Waals surface area contributed by atoms with Gasteiger partial charge in [-0.1, -0.05) is 35.9 Å². The van der Waals surface area contributed by atoms with Gasteiger partial charge in [0.05, 0.1) is 22.4 Å². The van der Waals surface area contributed by atoms with Crippen LogP contribution in [-0.2, 0) is 0 Å². The third kappa shape index (κ3) is 3.14. The number of nitrogens with zero attached hydrogens (tertiary/aromatic N) is 5. The van der Waals surface area contributed by atoms with E-state index in [1.54, 1.807) is 18.2 Å². The van der Waals surface area contributed by atoms with E-state index in [4.69, 9.17) is 16.0 Å². The van der Waals surface area contributed by atoms with Crippen LogP contribution in [0.3, 0.4) is 0 Å². The second kappa shape index (κ2) is 7.05. The van der Waals surface area contributed by atoms with E-state index in [0.29, 0.717) is 11.3 Å². The number of rotatable bonds is 5. The first-order valence-electron chi connectivity index (χ1n) is 7.96. The molecule has 0 spiro atoms. The van der Waals surface area contributed by atoms with Crippen molar-refractivity contribution < 1.29 is 14.1 Å². The number of para-hydroxylation sites is 1. The average Bonchev–Trinajstić information content (AvgIpc) is 3.35. The van der Waals surface area contributed by atoms with Crippen LogP contribution in [0.4, 0.5) is 5.69 Å². The molecule has 9 nitrogen and oxygen atoms in total. The zero-order valence-corrected chi connectivity index (χ0v) is 14.8. The van der Waals surface area contributed by atoms with E-state index in [0.717, 1.165) is 0 Å². The van der Waals surface area contributed by atoms with E-state index in [2.05, 4.69) is 15.3 Å². The van der Waals surface area contributed by atoms with Crippen LogP contribution in [0.2, 0.25) is 5.15 Å². The van der Waals surface area contributed by atoms with Gasteiger partial charge in [-0.15, -0.1) is 10.2 Å². The first kappa shape index (κ1) is 17.6. The van der Waals surface area contributed by atoms with Gasteiger partial charge in [0, 0.05) is 17.7 Å². The molecule has 0 saturated heterocycles. The highest BCUT2D eigenvalue weighted by molar-refractivity contribution is 6.34. The number of ketones is 1. The quantitative estimate of drug-likeness (QED) is 0.287. The molecule has 0 N–H and O–H groups in total. The number of aromatic nitrogens is 4. The van der Waals surface area contributed by atoms with Crippen molar-refractivity contribution in [3.63, 3.8) is 0 Å². The maximum absolute atomic E-state index is 12.7. The maximum Gasteiger partial charge on any atom is 0.289 e. The molecule has 0 aliphatic heterocycles. The highest BCUT2D eigenvalue weighted by Gasteiger charge is 2.24. The Kier molecular flexibility index (Phi) is 4.42. The van der Waals surface area contributed by atoms with E-state index in [1.165, 1.54) is 29.1 Å². The number of benzene rings is 2. The van der Waals surface area contributed by atoms with E-state index >= 15 is 0 Å². The molecular weight excluding hydrogens is 386 g/mol. The topological polar surface area (TPSA) is 117 Å². The molecule has 0 aliphatic carbocycles. The molecule has 10 heteroatoms. The normalized spacial score (nSPS) is 10.8. The molecular formula is C18H10ClN5O4. The molecule has 0 bridgehead atoms. The minimum atomic E-state index is -0.601. The van der Waals surface area contributed by atoms with Crippen LogP contribution in [0.25, 0.3) is 17.1 Å². The van der Waals surface area contributed by atoms with Crippen LogP contribution < -0.4 is 0 Å². The standard InChI is InChI=1S/C18H10ClN5O4/c19-16-14(10-20-23(16)12-6-2-1-3-7-12)15(25)18-22-21-17(28-18)11-5-4-8-13(9-11)24(26)27/h1-10H. The average molecular weight is 396 g/mol. The summed E-state index contributed by atoms with van der Waals surface area (Å²) < 4.78 is 6.81. The third-order valence-corrected chi connectivity index (χ3v) is 4.24. The van der Waals surface area contributed by atoms with E-state index < -0.39 is 10.7 Å². The number of hydrogen-bond donors (Lipinski definition) is 0. The number of nitro groups is 1. The number of carbonyl (C=O) groups excluding carboxylic acids is 1. The summed E-state index contributed by atoms with van der Waals surface area (Å²) in [6, 6.07) is 14.7. The SMILES string of the molecule is O=C(c1nnc(-c2cccc([N+](=O)[O-])c2)o1)c1cnn(-c2ccccc2)c1Cl. The number of non-ortho nitro benzene ring substituents is 1. The summed E-state index contributed by atoms with van der Waals surface area (Å²) in [7, 11) is 0. The summed E-state index contributed by atoms with van der Waals surface area (Å²) in [6.45, 7) is 0. The number of carbonyl (C=O) groups is 1.